The molecule has 3 heterocycles. The molecule has 3 aromatic heterocycles. The predicted molar refractivity (Wildman–Crippen MR) is 254 cm³/mol. The van der Waals surface area contributed by atoms with E-state index in [0.717, 1.165) is 104 Å². The molecule has 0 unspecified atom stereocenters. The fourth-order valence-electron chi connectivity index (χ4n) is 9.30. The highest BCUT2D eigenvalue weighted by Gasteiger charge is 2.18. The van der Waals surface area contributed by atoms with Crippen LogP contribution < -0.4 is 0 Å². The van der Waals surface area contributed by atoms with E-state index in [-0.39, 0.29) is 0 Å². The van der Waals surface area contributed by atoms with Gasteiger partial charge in [-0.05, 0) is 103 Å². The van der Waals surface area contributed by atoms with Gasteiger partial charge in [0.05, 0.1) is 0 Å². The van der Waals surface area contributed by atoms with Gasteiger partial charge in [-0.1, -0.05) is 152 Å². The smallest absolute Gasteiger partial charge is 0.164 e. The Hall–Kier alpha value is -8.41. The molecule has 0 N–H and O–H groups in total. The van der Waals surface area contributed by atoms with Crippen LogP contribution >= 0.6 is 0 Å². The maximum Gasteiger partial charge on any atom is 0.164 e. The zero-order chi connectivity index (χ0) is 40.7. The average molecular weight is 792 g/mol. The molecule has 0 aliphatic heterocycles. The molecule has 288 valence electrons. The minimum atomic E-state index is 0.601. The molecule has 0 spiro atoms. The number of hydrogen-bond donors (Lipinski definition) is 0. The van der Waals surface area contributed by atoms with E-state index >= 15 is 0 Å². The predicted octanol–water partition coefficient (Wildman–Crippen LogP) is 15.5. The molecular weight excluding hydrogens is 759 g/mol. The van der Waals surface area contributed by atoms with Crippen LogP contribution in [-0.2, 0) is 0 Å². The number of furan rings is 2. The van der Waals surface area contributed by atoms with Crippen molar-refractivity contribution >= 4 is 76.2 Å². The van der Waals surface area contributed by atoms with Crippen LogP contribution in [0.1, 0.15) is 0 Å². The standard InChI is InChI=1S/C57H33N3O2/c1-2-10-34(11-3-1)36-21-22-38-31-40(25-23-37(38)30-36)55-58-56(60-57(59-55)42-24-20-35-27-29-52-54(48(35)33-42)47-14-5-7-18-50(47)62-52)41-26-28-43-39(32-41)12-8-15-44(43)45-16-9-19-51-53(45)46-13-4-6-17-49(46)61-51/h1-33H. The highest BCUT2D eigenvalue weighted by molar-refractivity contribution is 6.19. The van der Waals surface area contributed by atoms with E-state index in [1.807, 2.05) is 36.4 Å². The van der Waals surface area contributed by atoms with Gasteiger partial charge in [0.25, 0.3) is 0 Å². The minimum Gasteiger partial charge on any atom is -0.456 e. The first-order valence-corrected chi connectivity index (χ1v) is 20.8. The van der Waals surface area contributed by atoms with Crippen LogP contribution in [0.2, 0.25) is 0 Å². The molecule has 0 atom stereocenters. The summed E-state index contributed by atoms with van der Waals surface area (Å²) >= 11 is 0. The molecule has 5 nitrogen and oxygen atoms in total. The third-order valence-electron chi connectivity index (χ3n) is 12.3. The lowest BCUT2D eigenvalue weighted by molar-refractivity contribution is 0.668. The van der Waals surface area contributed by atoms with Gasteiger partial charge < -0.3 is 8.83 Å². The number of rotatable bonds is 5. The quantitative estimate of drug-likeness (QED) is 0.174. The van der Waals surface area contributed by atoms with Crippen molar-refractivity contribution in [3.05, 3.63) is 200 Å². The fraction of sp³-hybridized carbons (Fsp3) is 0. The summed E-state index contributed by atoms with van der Waals surface area (Å²) in [7, 11) is 0. The molecule has 13 aromatic rings. The number of para-hydroxylation sites is 2. The van der Waals surface area contributed by atoms with Gasteiger partial charge in [0.2, 0.25) is 0 Å². The maximum absolute atomic E-state index is 6.29. The first-order chi connectivity index (χ1) is 30.7. The van der Waals surface area contributed by atoms with E-state index in [9.17, 15) is 0 Å². The molecule has 0 aliphatic rings. The van der Waals surface area contributed by atoms with Crippen LogP contribution in [-0.4, -0.2) is 15.0 Å². The SMILES string of the molecule is c1ccc(-c2ccc3cc(-c4nc(-c5ccc6c(-c7cccc8oc9ccccc9c78)cccc6c5)nc(-c5ccc6ccc7oc8ccccc8c7c6c5)n4)ccc3c2)cc1. The van der Waals surface area contributed by atoms with Crippen molar-refractivity contribution in [2.45, 2.75) is 0 Å². The first kappa shape index (κ1) is 34.5. The molecule has 5 heteroatoms. The van der Waals surface area contributed by atoms with Gasteiger partial charge in [-0.3, -0.25) is 0 Å². The van der Waals surface area contributed by atoms with Gasteiger partial charge in [0, 0.05) is 38.2 Å². The Balaban J connectivity index is 0.984. The number of fused-ring (bicyclic) bond motifs is 10. The summed E-state index contributed by atoms with van der Waals surface area (Å²) in [5.74, 6) is 1.81. The fourth-order valence-corrected chi connectivity index (χ4v) is 9.30. The van der Waals surface area contributed by atoms with E-state index in [2.05, 4.69) is 164 Å². The Bertz CT molecular complexity index is 3940. The topological polar surface area (TPSA) is 65.0 Å². The number of hydrogen-bond acceptors (Lipinski definition) is 5. The zero-order valence-electron chi connectivity index (χ0n) is 33.2. The van der Waals surface area contributed by atoms with Gasteiger partial charge in [0.15, 0.2) is 17.5 Å². The van der Waals surface area contributed by atoms with Crippen molar-refractivity contribution in [1.82, 2.24) is 15.0 Å². The van der Waals surface area contributed by atoms with Crippen LogP contribution in [0.3, 0.4) is 0 Å². The lowest BCUT2D eigenvalue weighted by Gasteiger charge is -2.12. The molecule has 0 aliphatic carbocycles. The third-order valence-corrected chi connectivity index (χ3v) is 12.3. The molecule has 0 saturated carbocycles. The summed E-state index contributed by atoms with van der Waals surface area (Å²) < 4.78 is 12.6. The highest BCUT2D eigenvalue weighted by Crippen LogP contribution is 2.41. The zero-order valence-corrected chi connectivity index (χ0v) is 33.2. The van der Waals surface area contributed by atoms with Crippen molar-refractivity contribution < 1.29 is 8.83 Å². The molecule has 0 amide bonds. The largest absolute Gasteiger partial charge is 0.456 e. The molecule has 0 saturated heterocycles. The number of benzene rings is 10. The Morgan fingerprint density at radius 3 is 1.52 bits per heavy atom. The van der Waals surface area contributed by atoms with Crippen molar-refractivity contribution in [2.75, 3.05) is 0 Å². The second-order valence-electron chi connectivity index (χ2n) is 15.9. The van der Waals surface area contributed by atoms with Gasteiger partial charge in [0.1, 0.15) is 22.3 Å². The molecule has 0 bridgehead atoms. The highest BCUT2D eigenvalue weighted by atomic mass is 16.3. The van der Waals surface area contributed by atoms with Gasteiger partial charge in [-0.15, -0.1) is 0 Å². The summed E-state index contributed by atoms with van der Waals surface area (Å²) in [5, 5.41) is 11.1. The summed E-state index contributed by atoms with van der Waals surface area (Å²) in [5.41, 5.74) is 10.9. The Morgan fingerprint density at radius 2 is 0.774 bits per heavy atom. The first-order valence-electron chi connectivity index (χ1n) is 20.8. The molecular formula is C57H33N3O2. The number of nitrogens with zero attached hydrogens (tertiary/aromatic N) is 3. The summed E-state index contributed by atoms with van der Waals surface area (Å²) in [6, 6.07) is 70.0. The van der Waals surface area contributed by atoms with Gasteiger partial charge >= 0.3 is 0 Å². The van der Waals surface area contributed by atoms with E-state index < -0.39 is 0 Å². The monoisotopic (exact) mass is 791 g/mol. The van der Waals surface area contributed by atoms with Crippen LogP contribution in [0.15, 0.2) is 209 Å². The van der Waals surface area contributed by atoms with Gasteiger partial charge in [-0.2, -0.15) is 0 Å². The summed E-state index contributed by atoms with van der Waals surface area (Å²) in [6.45, 7) is 0. The Kier molecular flexibility index (Phi) is 7.54. The van der Waals surface area contributed by atoms with Crippen molar-refractivity contribution in [2.24, 2.45) is 0 Å². The molecule has 62 heavy (non-hydrogen) atoms. The van der Waals surface area contributed by atoms with E-state index in [1.165, 1.54) is 11.1 Å². The lowest BCUT2D eigenvalue weighted by atomic mass is 9.94. The number of aromatic nitrogens is 3. The average Bonchev–Trinajstić information content (AvgIpc) is 3.92. The van der Waals surface area contributed by atoms with E-state index in [4.69, 9.17) is 23.8 Å². The van der Waals surface area contributed by atoms with Crippen molar-refractivity contribution in [1.29, 1.82) is 0 Å². The summed E-state index contributed by atoms with van der Waals surface area (Å²) in [4.78, 5) is 15.7. The molecule has 0 fully saturated rings. The summed E-state index contributed by atoms with van der Waals surface area (Å²) in [6.07, 6.45) is 0. The second-order valence-corrected chi connectivity index (χ2v) is 15.9. The molecule has 10 aromatic carbocycles. The van der Waals surface area contributed by atoms with Crippen LogP contribution in [0.4, 0.5) is 0 Å². The van der Waals surface area contributed by atoms with Crippen molar-refractivity contribution in [3.8, 4) is 56.4 Å². The lowest BCUT2D eigenvalue weighted by Crippen LogP contribution is -2.00. The molecule has 13 rings (SSSR count). The Morgan fingerprint density at radius 1 is 0.258 bits per heavy atom. The third kappa shape index (κ3) is 5.52. The van der Waals surface area contributed by atoms with E-state index in [1.54, 1.807) is 0 Å². The Labute approximate surface area is 355 Å². The van der Waals surface area contributed by atoms with E-state index in [0.29, 0.717) is 17.5 Å². The maximum atomic E-state index is 6.29. The van der Waals surface area contributed by atoms with Crippen molar-refractivity contribution in [3.63, 3.8) is 0 Å². The normalized spacial score (nSPS) is 11.9. The van der Waals surface area contributed by atoms with Gasteiger partial charge in [-0.25, -0.2) is 15.0 Å². The van der Waals surface area contributed by atoms with Crippen LogP contribution in [0, 0.1) is 0 Å². The molecule has 0 radical (unpaired) electrons. The van der Waals surface area contributed by atoms with Crippen LogP contribution in [0.5, 0.6) is 0 Å². The minimum absolute atomic E-state index is 0.601. The second kappa shape index (κ2) is 13.6. The van der Waals surface area contributed by atoms with Crippen LogP contribution in [0.25, 0.3) is 133 Å².